The van der Waals surface area contributed by atoms with Gasteiger partial charge in [-0.25, -0.2) is 4.68 Å². The van der Waals surface area contributed by atoms with E-state index in [0.29, 0.717) is 37.1 Å². The summed E-state index contributed by atoms with van der Waals surface area (Å²) in [7, 11) is 0. The molecule has 0 spiro atoms. The van der Waals surface area contributed by atoms with Gasteiger partial charge in [0.1, 0.15) is 23.2 Å². The molecule has 57 heavy (non-hydrogen) atoms. The van der Waals surface area contributed by atoms with Crippen LogP contribution in [0.1, 0.15) is 99.3 Å². The molecule has 1 aromatic heterocycles. The van der Waals surface area contributed by atoms with Crippen LogP contribution in [0.4, 0.5) is 26.3 Å². The number of alkyl halides is 6. The zero-order valence-electron chi connectivity index (χ0n) is 31.2. The van der Waals surface area contributed by atoms with Crippen molar-refractivity contribution < 1.29 is 65.3 Å². The van der Waals surface area contributed by atoms with Gasteiger partial charge in [-0.1, -0.05) is 49.5 Å². The van der Waals surface area contributed by atoms with Crippen molar-refractivity contribution in [2.24, 2.45) is 11.7 Å². The molecule has 314 valence electrons. The second-order valence-electron chi connectivity index (χ2n) is 15.4. The Morgan fingerprint density at radius 1 is 0.965 bits per heavy atom. The molecule has 6 N–H and O–H groups in total. The van der Waals surface area contributed by atoms with E-state index in [1.165, 1.54) is 29.6 Å². The second kappa shape index (κ2) is 16.3. The average Bonchev–Trinajstić information content (AvgIpc) is 3.82. The van der Waals surface area contributed by atoms with Gasteiger partial charge < -0.3 is 36.2 Å². The summed E-state index contributed by atoms with van der Waals surface area (Å²) < 4.78 is 87.7. The lowest BCUT2D eigenvalue weighted by atomic mass is 9.84. The number of carbonyl (C=O) groups excluding carboxylic acids is 5. The highest BCUT2D eigenvalue weighted by Gasteiger charge is 2.71. The minimum atomic E-state index is -6.15. The molecule has 2 aromatic rings. The lowest BCUT2D eigenvalue weighted by Crippen LogP contribution is -2.64. The summed E-state index contributed by atoms with van der Waals surface area (Å²) in [6.07, 6.45) is -7.32. The third-order valence-corrected chi connectivity index (χ3v) is 11.1. The normalized spacial score (nSPS) is 21.5. The minimum absolute atomic E-state index is 0.00527. The van der Waals surface area contributed by atoms with Gasteiger partial charge in [0.15, 0.2) is 0 Å². The van der Waals surface area contributed by atoms with E-state index in [1.54, 1.807) is 0 Å². The number of amides is 4. The van der Waals surface area contributed by atoms with Gasteiger partial charge in [-0.05, 0) is 38.3 Å². The van der Waals surface area contributed by atoms with Crippen LogP contribution < -0.4 is 16.4 Å². The van der Waals surface area contributed by atoms with Crippen LogP contribution >= 0.6 is 0 Å². The summed E-state index contributed by atoms with van der Waals surface area (Å²) in [6, 6.07) is -1.56. The Hall–Kier alpha value is -4.63. The maximum absolute atomic E-state index is 14.7. The Bertz CT molecular complexity index is 1800. The van der Waals surface area contributed by atoms with Crippen molar-refractivity contribution in [2.45, 2.75) is 119 Å². The first-order valence-electron chi connectivity index (χ1n) is 18.4. The summed E-state index contributed by atoms with van der Waals surface area (Å²) in [5, 5.41) is 33.8. The Morgan fingerprint density at radius 2 is 1.56 bits per heavy atom. The van der Waals surface area contributed by atoms with Gasteiger partial charge >= 0.3 is 12.4 Å². The highest BCUT2D eigenvalue weighted by Crippen LogP contribution is 2.50. The minimum Gasteiger partial charge on any atom is -0.384 e. The molecule has 15 nitrogen and oxygen atoms in total. The third-order valence-electron chi connectivity index (χ3n) is 11.1. The molecule has 3 fully saturated rings. The fourth-order valence-corrected chi connectivity index (χ4v) is 7.89. The molecule has 1 aliphatic carbocycles. The van der Waals surface area contributed by atoms with Crippen molar-refractivity contribution in [1.82, 2.24) is 30.5 Å². The number of rotatable bonds is 12. The number of benzene rings is 1. The predicted molar refractivity (Wildman–Crippen MR) is 184 cm³/mol. The predicted octanol–water partition coefficient (Wildman–Crippen LogP) is 2.45. The van der Waals surface area contributed by atoms with Gasteiger partial charge in [0.2, 0.25) is 17.6 Å². The topological polar surface area (TPSA) is 219 Å². The van der Waals surface area contributed by atoms with Gasteiger partial charge in [0, 0.05) is 50.1 Å². The largest absolute Gasteiger partial charge is 0.430 e. The van der Waals surface area contributed by atoms with Crippen molar-refractivity contribution in [3.8, 4) is 0 Å². The van der Waals surface area contributed by atoms with E-state index in [0.717, 1.165) is 19.3 Å². The highest BCUT2D eigenvalue weighted by molar-refractivity contribution is 6.39. The van der Waals surface area contributed by atoms with E-state index < -0.39 is 87.8 Å². The van der Waals surface area contributed by atoms with Crippen molar-refractivity contribution in [3.63, 3.8) is 0 Å². The highest BCUT2D eigenvalue weighted by atomic mass is 19.4. The third kappa shape index (κ3) is 8.94. The number of hydrogen-bond acceptors (Lipinski definition) is 10. The number of carbonyl (C=O) groups is 5. The van der Waals surface area contributed by atoms with Crippen LogP contribution in [0.15, 0.2) is 30.5 Å². The lowest BCUT2D eigenvalue weighted by Gasteiger charge is -2.37. The monoisotopic (exact) mass is 817 g/mol. The zero-order valence-corrected chi connectivity index (χ0v) is 31.2. The maximum Gasteiger partial charge on any atom is 0.430 e. The molecule has 21 heteroatoms. The first kappa shape index (κ1) is 43.5. The van der Waals surface area contributed by atoms with Crippen molar-refractivity contribution in [3.05, 3.63) is 47.3 Å². The molecule has 2 unspecified atom stereocenters. The van der Waals surface area contributed by atoms with E-state index >= 15 is 0 Å². The SMILES string of the molecule is CC(C)(O)c1cnnn1C1CC(C(=O)NC2(C(=O)C(N)=O)CCOCC2)N(C(=O)[C@@H](CC2CCCCC2)NC(=O)c2ccc(C(O)(C(F)(F)F)C(F)(F)F)cc2)C1. The molecule has 3 heterocycles. The Balaban J connectivity index is 1.49. The van der Waals surface area contributed by atoms with Crippen LogP contribution in [0, 0.1) is 5.92 Å². The summed E-state index contributed by atoms with van der Waals surface area (Å²) in [6.45, 7) is 2.74. The second-order valence-corrected chi connectivity index (χ2v) is 15.4. The smallest absolute Gasteiger partial charge is 0.384 e. The molecule has 5 rings (SSSR count). The quantitative estimate of drug-likeness (QED) is 0.156. The zero-order chi connectivity index (χ0) is 42.1. The van der Waals surface area contributed by atoms with Gasteiger partial charge in [-0.15, -0.1) is 5.10 Å². The van der Waals surface area contributed by atoms with Crippen LogP contribution in [0.2, 0.25) is 0 Å². The average molecular weight is 818 g/mol. The number of hydrogen-bond donors (Lipinski definition) is 5. The number of primary amides is 1. The maximum atomic E-state index is 14.7. The number of nitrogens with zero attached hydrogens (tertiary/aromatic N) is 4. The van der Waals surface area contributed by atoms with Gasteiger partial charge in [0.25, 0.3) is 17.4 Å². The Kier molecular flexibility index (Phi) is 12.5. The molecule has 0 radical (unpaired) electrons. The molecular formula is C36H45F6N7O8. The molecule has 3 atom stereocenters. The molecule has 2 aliphatic heterocycles. The summed E-state index contributed by atoms with van der Waals surface area (Å²) >= 11 is 0. The summed E-state index contributed by atoms with van der Waals surface area (Å²) in [5.41, 5.74) is -4.86. The number of halogens is 6. The molecule has 3 aliphatic rings. The van der Waals surface area contributed by atoms with E-state index in [1.807, 2.05) is 0 Å². The van der Waals surface area contributed by atoms with Crippen molar-refractivity contribution in [1.29, 1.82) is 0 Å². The van der Waals surface area contributed by atoms with Crippen LogP contribution in [-0.4, -0.2) is 109 Å². The number of likely N-dealkylation sites (tertiary alicyclic amines) is 1. The number of Topliss-reactive ketones (excluding diaryl/α,β-unsaturated/α-hetero) is 1. The fourth-order valence-electron chi connectivity index (χ4n) is 7.89. The molecule has 4 amide bonds. The molecular weight excluding hydrogens is 772 g/mol. The van der Waals surface area contributed by atoms with Crippen LogP contribution in [0.25, 0.3) is 0 Å². The molecule has 2 saturated heterocycles. The standard InChI is InChI=1S/C36H45F6N7O8/c1-32(2,55)26-18-44-47-49(26)23-17-25(30(53)46-33(27(50)28(43)51)12-14-57-15-13-33)48(19-23)31(54)24(16-20-6-4-3-5-7-20)45-29(52)21-8-10-22(11-9-21)34(56,35(37,38)39)36(40,41)42/h8-11,18,20,23-25,55-56H,3-7,12-17,19H2,1-2H3,(H2,43,51)(H,45,52)(H,46,53)/t23?,24-,25?/m1/s1. The molecule has 1 saturated carbocycles. The van der Waals surface area contributed by atoms with Crippen LogP contribution in [-0.2, 0) is 35.1 Å². The van der Waals surface area contributed by atoms with Gasteiger partial charge in [0.05, 0.1) is 17.9 Å². The number of aromatic nitrogens is 3. The Morgan fingerprint density at radius 3 is 2.11 bits per heavy atom. The van der Waals surface area contributed by atoms with Crippen LogP contribution in [0.5, 0.6) is 0 Å². The number of aliphatic hydroxyl groups is 2. The lowest BCUT2D eigenvalue weighted by molar-refractivity contribution is -0.376. The Labute approximate surface area is 322 Å². The first-order valence-corrected chi connectivity index (χ1v) is 18.4. The van der Waals surface area contributed by atoms with Gasteiger partial charge in [-0.3, -0.25) is 24.0 Å². The van der Waals surface area contributed by atoms with Crippen molar-refractivity contribution >= 4 is 29.4 Å². The van der Waals surface area contributed by atoms with Gasteiger partial charge in [-0.2, -0.15) is 26.3 Å². The number of nitrogens with two attached hydrogens (primary N) is 1. The summed E-state index contributed by atoms with van der Waals surface area (Å²) in [4.78, 5) is 69.0. The number of nitrogens with one attached hydrogen (secondary N) is 2. The molecule has 1 aromatic carbocycles. The fraction of sp³-hybridized carbons (Fsp3) is 0.639. The summed E-state index contributed by atoms with van der Waals surface area (Å²) in [5.74, 6) is -5.10. The van der Waals surface area contributed by atoms with Crippen molar-refractivity contribution in [2.75, 3.05) is 19.8 Å². The van der Waals surface area contributed by atoms with Crippen LogP contribution in [0.3, 0.4) is 0 Å². The van der Waals surface area contributed by atoms with E-state index in [2.05, 4.69) is 20.9 Å². The number of ketones is 1. The first-order chi connectivity index (χ1) is 26.5. The van der Waals surface area contributed by atoms with E-state index in [4.69, 9.17) is 10.5 Å². The molecule has 0 bridgehead atoms. The van der Waals surface area contributed by atoms with E-state index in [9.17, 15) is 60.5 Å². The number of ether oxygens (including phenoxy) is 1. The van der Waals surface area contributed by atoms with E-state index in [-0.39, 0.29) is 57.1 Å².